The SMILES string of the molecule is C[C@@H](O)c1ccc2cc(O)ccc2c1. The summed E-state index contributed by atoms with van der Waals surface area (Å²) in [5.41, 5.74) is 0.892. The second kappa shape index (κ2) is 3.31. The molecule has 0 aromatic heterocycles. The minimum Gasteiger partial charge on any atom is -0.508 e. The molecule has 2 nitrogen and oxygen atoms in total. The van der Waals surface area contributed by atoms with Gasteiger partial charge < -0.3 is 10.2 Å². The lowest BCUT2D eigenvalue weighted by molar-refractivity contribution is 0.199. The van der Waals surface area contributed by atoms with E-state index in [9.17, 15) is 10.2 Å². The molecular formula is C12H12O2. The molecule has 0 heterocycles. The van der Waals surface area contributed by atoms with Crippen molar-refractivity contribution in [3.05, 3.63) is 42.0 Å². The summed E-state index contributed by atoms with van der Waals surface area (Å²) in [6, 6.07) is 10.9. The predicted molar refractivity (Wildman–Crippen MR) is 56.2 cm³/mol. The predicted octanol–water partition coefficient (Wildman–Crippen LogP) is 2.60. The summed E-state index contributed by atoms with van der Waals surface area (Å²) in [7, 11) is 0. The maximum absolute atomic E-state index is 9.39. The molecule has 0 aliphatic heterocycles. The van der Waals surface area contributed by atoms with Gasteiger partial charge in [-0.2, -0.15) is 0 Å². The molecule has 2 rings (SSSR count). The number of hydrogen-bond acceptors (Lipinski definition) is 2. The van der Waals surface area contributed by atoms with Gasteiger partial charge in [0.1, 0.15) is 5.75 Å². The minimum atomic E-state index is -0.451. The number of aromatic hydroxyl groups is 1. The van der Waals surface area contributed by atoms with E-state index in [4.69, 9.17) is 0 Å². The third-order valence-corrected chi connectivity index (χ3v) is 2.33. The monoisotopic (exact) mass is 188 g/mol. The Hall–Kier alpha value is -1.54. The lowest BCUT2D eigenvalue weighted by atomic mass is 10.0. The molecule has 0 saturated carbocycles. The van der Waals surface area contributed by atoms with Gasteiger partial charge in [-0.1, -0.05) is 18.2 Å². The average Bonchev–Trinajstić information content (AvgIpc) is 2.16. The fourth-order valence-electron chi connectivity index (χ4n) is 1.51. The van der Waals surface area contributed by atoms with Crippen molar-refractivity contribution in [1.82, 2.24) is 0 Å². The Bertz CT molecular complexity index is 461. The van der Waals surface area contributed by atoms with Crippen molar-refractivity contribution < 1.29 is 10.2 Å². The zero-order valence-electron chi connectivity index (χ0n) is 7.94. The van der Waals surface area contributed by atoms with Crippen LogP contribution in [0, 0.1) is 0 Å². The first kappa shape index (κ1) is 9.03. The Balaban J connectivity index is 2.62. The second-order valence-corrected chi connectivity index (χ2v) is 3.47. The highest BCUT2D eigenvalue weighted by atomic mass is 16.3. The first-order valence-corrected chi connectivity index (χ1v) is 4.57. The van der Waals surface area contributed by atoms with Gasteiger partial charge in [-0.15, -0.1) is 0 Å². The molecule has 1 atom stereocenters. The molecule has 0 aliphatic carbocycles. The van der Waals surface area contributed by atoms with E-state index in [2.05, 4.69) is 0 Å². The number of rotatable bonds is 1. The van der Waals surface area contributed by atoms with Crippen molar-refractivity contribution in [3.8, 4) is 5.75 Å². The van der Waals surface area contributed by atoms with Crippen LogP contribution in [0.5, 0.6) is 5.75 Å². The molecule has 14 heavy (non-hydrogen) atoms. The minimum absolute atomic E-state index is 0.266. The smallest absolute Gasteiger partial charge is 0.116 e. The molecule has 0 fully saturated rings. The Labute approximate surface area is 82.4 Å². The van der Waals surface area contributed by atoms with Gasteiger partial charge in [0.25, 0.3) is 0 Å². The van der Waals surface area contributed by atoms with Gasteiger partial charge in [-0.25, -0.2) is 0 Å². The molecule has 2 N–H and O–H groups in total. The highest BCUT2D eigenvalue weighted by Crippen LogP contribution is 2.23. The van der Waals surface area contributed by atoms with Gasteiger partial charge in [0.15, 0.2) is 0 Å². The van der Waals surface area contributed by atoms with Crippen LogP contribution in [0.4, 0.5) is 0 Å². The molecule has 2 aromatic rings. The summed E-state index contributed by atoms with van der Waals surface area (Å²) in [6.07, 6.45) is -0.451. The third kappa shape index (κ3) is 1.56. The fourth-order valence-corrected chi connectivity index (χ4v) is 1.51. The molecule has 0 unspecified atom stereocenters. The number of phenolic OH excluding ortho intramolecular Hbond substituents is 1. The van der Waals surface area contributed by atoms with Crippen molar-refractivity contribution in [1.29, 1.82) is 0 Å². The van der Waals surface area contributed by atoms with Crippen LogP contribution >= 0.6 is 0 Å². The highest BCUT2D eigenvalue weighted by molar-refractivity contribution is 5.84. The molecule has 0 spiro atoms. The summed E-state index contributed by atoms with van der Waals surface area (Å²) in [4.78, 5) is 0. The van der Waals surface area contributed by atoms with Crippen LogP contribution in [0.25, 0.3) is 10.8 Å². The van der Waals surface area contributed by atoms with Crippen LogP contribution in [0.3, 0.4) is 0 Å². The van der Waals surface area contributed by atoms with Gasteiger partial charge >= 0.3 is 0 Å². The molecule has 0 saturated heterocycles. The van der Waals surface area contributed by atoms with Crippen molar-refractivity contribution in [3.63, 3.8) is 0 Å². The normalized spacial score (nSPS) is 13.0. The summed E-state index contributed by atoms with van der Waals surface area (Å²) < 4.78 is 0. The van der Waals surface area contributed by atoms with Crippen molar-refractivity contribution >= 4 is 10.8 Å². The van der Waals surface area contributed by atoms with E-state index in [0.717, 1.165) is 16.3 Å². The topological polar surface area (TPSA) is 40.5 Å². The quantitative estimate of drug-likeness (QED) is 0.722. The van der Waals surface area contributed by atoms with Crippen LogP contribution in [-0.2, 0) is 0 Å². The van der Waals surface area contributed by atoms with Gasteiger partial charge in [-0.3, -0.25) is 0 Å². The van der Waals surface area contributed by atoms with Crippen molar-refractivity contribution in [2.45, 2.75) is 13.0 Å². The number of fused-ring (bicyclic) bond motifs is 1. The second-order valence-electron chi connectivity index (χ2n) is 3.47. The summed E-state index contributed by atoms with van der Waals surface area (Å²) in [6.45, 7) is 1.74. The van der Waals surface area contributed by atoms with Gasteiger partial charge in [0.05, 0.1) is 6.10 Å². The summed E-state index contributed by atoms with van der Waals surface area (Å²) >= 11 is 0. The molecular weight excluding hydrogens is 176 g/mol. The van der Waals surface area contributed by atoms with E-state index in [1.807, 2.05) is 24.3 Å². The number of aliphatic hydroxyl groups is 1. The maximum atomic E-state index is 9.39. The molecule has 72 valence electrons. The number of phenols is 1. The largest absolute Gasteiger partial charge is 0.508 e. The lowest BCUT2D eigenvalue weighted by Gasteiger charge is -2.06. The Kier molecular flexibility index (Phi) is 2.14. The van der Waals surface area contributed by atoms with E-state index < -0.39 is 6.10 Å². The Morgan fingerprint density at radius 1 is 1.00 bits per heavy atom. The summed E-state index contributed by atoms with van der Waals surface area (Å²) in [5, 5.41) is 20.7. The average molecular weight is 188 g/mol. The Morgan fingerprint density at radius 3 is 2.36 bits per heavy atom. The molecule has 0 bridgehead atoms. The summed E-state index contributed by atoms with van der Waals surface area (Å²) in [5.74, 6) is 0.266. The molecule has 0 aliphatic rings. The van der Waals surface area contributed by atoms with Crippen molar-refractivity contribution in [2.24, 2.45) is 0 Å². The first-order valence-electron chi connectivity index (χ1n) is 4.57. The van der Waals surface area contributed by atoms with Crippen LogP contribution < -0.4 is 0 Å². The highest BCUT2D eigenvalue weighted by Gasteiger charge is 2.01. The van der Waals surface area contributed by atoms with Gasteiger partial charge in [0, 0.05) is 0 Å². The molecule has 0 amide bonds. The Morgan fingerprint density at radius 2 is 1.64 bits per heavy atom. The maximum Gasteiger partial charge on any atom is 0.116 e. The number of benzene rings is 2. The zero-order chi connectivity index (χ0) is 10.1. The van der Waals surface area contributed by atoms with Crippen LogP contribution in [-0.4, -0.2) is 10.2 Å². The number of hydrogen-bond donors (Lipinski definition) is 2. The molecule has 0 radical (unpaired) electrons. The molecule has 2 heteroatoms. The molecule has 2 aromatic carbocycles. The lowest BCUT2D eigenvalue weighted by Crippen LogP contribution is -1.89. The fraction of sp³-hybridized carbons (Fsp3) is 0.167. The number of aliphatic hydroxyl groups excluding tert-OH is 1. The van der Waals surface area contributed by atoms with E-state index in [1.165, 1.54) is 0 Å². The van der Waals surface area contributed by atoms with E-state index >= 15 is 0 Å². The zero-order valence-corrected chi connectivity index (χ0v) is 7.94. The third-order valence-electron chi connectivity index (χ3n) is 2.33. The van der Waals surface area contributed by atoms with Crippen LogP contribution in [0.15, 0.2) is 36.4 Å². The van der Waals surface area contributed by atoms with Crippen LogP contribution in [0.1, 0.15) is 18.6 Å². The van der Waals surface area contributed by atoms with Gasteiger partial charge in [-0.05, 0) is 41.5 Å². The van der Waals surface area contributed by atoms with E-state index in [-0.39, 0.29) is 5.75 Å². The van der Waals surface area contributed by atoms with E-state index in [0.29, 0.717) is 0 Å². The van der Waals surface area contributed by atoms with Crippen LogP contribution in [0.2, 0.25) is 0 Å². The van der Waals surface area contributed by atoms with E-state index in [1.54, 1.807) is 19.1 Å². The first-order chi connectivity index (χ1) is 6.66. The standard InChI is InChI=1S/C12H12O2/c1-8(13)9-2-3-11-7-12(14)5-4-10(11)6-9/h2-8,13-14H,1H3/t8-/m1/s1. The van der Waals surface area contributed by atoms with Crippen molar-refractivity contribution in [2.75, 3.05) is 0 Å². The van der Waals surface area contributed by atoms with Gasteiger partial charge in [0.2, 0.25) is 0 Å².